The van der Waals surface area contributed by atoms with Crippen molar-refractivity contribution in [2.45, 2.75) is 13.0 Å². The van der Waals surface area contributed by atoms with Gasteiger partial charge in [-0.15, -0.1) is 0 Å². The number of amides is 2. The van der Waals surface area contributed by atoms with Crippen LogP contribution < -0.4 is 10.6 Å². The Morgan fingerprint density at radius 1 is 1.44 bits per heavy atom. The maximum absolute atomic E-state index is 13.3. The molecule has 0 aliphatic heterocycles. The van der Waals surface area contributed by atoms with E-state index in [1.165, 1.54) is 12.1 Å². The third-order valence-corrected chi connectivity index (χ3v) is 2.40. The van der Waals surface area contributed by atoms with Gasteiger partial charge in [0.05, 0.1) is 11.7 Å². The monoisotopic (exact) mass is 248 g/mol. The Bertz CT molecular complexity index is 527. The van der Waals surface area contributed by atoms with Crippen LogP contribution in [0.5, 0.6) is 0 Å². The topological polar surface area (TPSA) is 69.8 Å². The number of anilines is 1. The van der Waals surface area contributed by atoms with E-state index in [1.54, 1.807) is 31.5 Å². The minimum Gasteiger partial charge on any atom is -0.347 e. The van der Waals surface area contributed by atoms with Crippen molar-refractivity contribution in [2.75, 3.05) is 5.32 Å². The number of para-hydroxylation sites is 1. The number of imidazole rings is 1. The highest BCUT2D eigenvalue weighted by Gasteiger charge is 2.12. The first kappa shape index (κ1) is 12.1. The molecule has 2 rings (SSSR count). The molecule has 2 aromatic rings. The molecule has 0 bridgehead atoms. The quantitative estimate of drug-likeness (QED) is 0.780. The van der Waals surface area contributed by atoms with E-state index >= 15 is 0 Å². The summed E-state index contributed by atoms with van der Waals surface area (Å²) in [7, 11) is 0. The van der Waals surface area contributed by atoms with Crippen LogP contribution in [0.1, 0.15) is 18.8 Å². The fourth-order valence-corrected chi connectivity index (χ4v) is 1.50. The van der Waals surface area contributed by atoms with E-state index in [1.807, 2.05) is 0 Å². The lowest BCUT2D eigenvalue weighted by atomic mass is 10.3. The zero-order chi connectivity index (χ0) is 13.0. The van der Waals surface area contributed by atoms with Crippen LogP contribution in [0, 0.1) is 5.82 Å². The molecule has 1 heterocycles. The van der Waals surface area contributed by atoms with Gasteiger partial charge in [0.25, 0.3) is 0 Å². The molecule has 0 aliphatic rings. The van der Waals surface area contributed by atoms with Crippen LogP contribution in [0.3, 0.4) is 0 Å². The van der Waals surface area contributed by atoms with Gasteiger partial charge in [-0.1, -0.05) is 12.1 Å². The second-order valence-electron chi connectivity index (χ2n) is 3.77. The van der Waals surface area contributed by atoms with Crippen molar-refractivity contribution in [3.05, 3.63) is 48.3 Å². The van der Waals surface area contributed by atoms with E-state index < -0.39 is 11.8 Å². The number of nitrogens with zero attached hydrogens (tertiary/aromatic N) is 1. The summed E-state index contributed by atoms with van der Waals surface area (Å²) >= 11 is 0. The number of aromatic amines is 1. The summed E-state index contributed by atoms with van der Waals surface area (Å²) in [5.74, 6) is 0.164. The lowest BCUT2D eigenvalue weighted by molar-refractivity contribution is 0.249. The van der Waals surface area contributed by atoms with Gasteiger partial charge in [0.15, 0.2) is 0 Å². The van der Waals surface area contributed by atoms with Gasteiger partial charge in [-0.2, -0.15) is 0 Å². The van der Waals surface area contributed by atoms with Crippen molar-refractivity contribution in [1.82, 2.24) is 15.3 Å². The van der Waals surface area contributed by atoms with E-state index in [2.05, 4.69) is 20.6 Å². The number of rotatable bonds is 3. The smallest absolute Gasteiger partial charge is 0.319 e. The molecule has 1 unspecified atom stereocenters. The Morgan fingerprint density at radius 2 is 2.22 bits per heavy atom. The molecule has 0 aliphatic carbocycles. The highest BCUT2D eigenvalue weighted by molar-refractivity contribution is 5.89. The molecule has 0 spiro atoms. The lowest BCUT2D eigenvalue weighted by Crippen LogP contribution is -2.31. The van der Waals surface area contributed by atoms with Crippen LogP contribution in [0.4, 0.5) is 14.9 Å². The second-order valence-corrected chi connectivity index (χ2v) is 3.77. The molecule has 1 aromatic heterocycles. The van der Waals surface area contributed by atoms with E-state index in [9.17, 15) is 9.18 Å². The van der Waals surface area contributed by atoms with Crippen LogP contribution in [0.2, 0.25) is 0 Å². The average Bonchev–Trinajstić information content (AvgIpc) is 2.85. The van der Waals surface area contributed by atoms with E-state index in [-0.39, 0.29) is 11.7 Å². The number of carbonyl (C=O) groups excluding carboxylic acids is 1. The Balaban J connectivity index is 1.95. The molecular formula is C12H13FN4O. The summed E-state index contributed by atoms with van der Waals surface area (Å²) in [5.41, 5.74) is 0.140. The van der Waals surface area contributed by atoms with Gasteiger partial charge in [-0.05, 0) is 19.1 Å². The number of hydrogen-bond donors (Lipinski definition) is 3. The zero-order valence-electron chi connectivity index (χ0n) is 9.77. The minimum atomic E-state index is -0.482. The normalized spacial score (nSPS) is 11.9. The third-order valence-electron chi connectivity index (χ3n) is 2.40. The number of halogens is 1. The van der Waals surface area contributed by atoms with Gasteiger partial charge < -0.3 is 15.6 Å². The molecule has 2 amide bonds. The van der Waals surface area contributed by atoms with E-state index in [4.69, 9.17) is 0 Å². The molecule has 0 fully saturated rings. The van der Waals surface area contributed by atoms with Crippen LogP contribution >= 0.6 is 0 Å². The first-order valence-electron chi connectivity index (χ1n) is 5.48. The van der Waals surface area contributed by atoms with Gasteiger partial charge in [0.2, 0.25) is 0 Å². The molecule has 0 radical (unpaired) electrons. The third kappa shape index (κ3) is 2.85. The van der Waals surface area contributed by atoms with Gasteiger partial charge in [0, 0.05) is 12.4 Å². The predicted octanol–water partition coefficient (Wildman–Crippen LogP) is 2.43. The van der Waals surface area contributed by atoms with Crippen molar-refractivity contribution in [2.24, 2.45) is 0 Å². The van der Waals surface area contributed by atoms with Gasteiger partial charge in [0.1, 0.15) is 11.6 Å². The number of nitrogens with one attached hydrogen (secondary N) is 3. The maximum atomic E-state index is 13.3. The molecule has 94 valence electrons. The first-order valence-corrected chi connectivity index (χ1v) is 5.48. The standard InChI is InChI=1S/C12H13FN4O/c1-8(11-14-6-7-15-11)16-12(18)17-10-5-3-2-4-9(10)13/h2-8H,1H3,(H,14,15)(H2,16,17,18). The van der Waals surface area contributed by atoms with Crippen LogP contribution in [-0.2, 0) is 0 Å². The number of hydrogen-bond acceptors (Lipinski definition) is 2. The molecule has 0 saturated heterocycles. The number of benzene rings is 1. The summed E-state index contributed by atoms with van der Waals surface area (Å²) < 4.78 is 13.3. The fourth-order valence-electron chi connectivity index (χ4n) is 1.50. The predicted molar refractivity (Wildman–Crippen MR) is 65.6 cm³/mol. The molecular weight excluding hydrogens is 235 g/mol. The molecule has 0 saturated carbocycles. The van der Waals surface area contributed by atoms with Gasteiger partial charge in [-0.3, -0.25) is 0 Å². The van der Waals surface area contributed by atoms with E-state index in [0.29, 0.717) is 5.82 Å². The summed E-state index contributed by atoms with van der Waals surface area (Å²) in [6.07, 6.45) is 3.27. The Hall–Kier alpha value is -2.37. The minimum absolute atomic E-state index is 0.140. The average molecular weight is 248 g/mol. The van der Waals surface area contributed by atoms with Crippen molar-refractivity contribution >= 4 is 11.7 Å². The Morgan fingerprint density at radius 3 is 2.89 bits per heavy atom. The molecule has 18 heavy (non-hydrogen) atoms. The summed E-state index contributed by atoms with van der Waals surface area (Å²) in [6, 6.07) is 5.21. The molecule has 6 heteroatoms. The molecule has 1 aromatic carbocycles. The van der Waals surface area contributed by atoms with Gasteiger partial charge in [-0.25, -0.2) is 14.2 Å². The Labute approximate surface area is 103 Å². The summed E-state index contributed by atoms with van der Waals surface area (Å²) in [4.78, 5) is 18.6. The van der Waals surface area contributed by atoms with Crippen LogP contribution in [0.15, 0.2) is 36.7 Å². The summed E-state index contributed by atoms with van der Waals surface area (Å²) in [5, 5.41) is 5.08. The highest BCUT2D eigenvalue weighted by atomic mass is 19.1. The maximum Gasteiger partial charge on any atom is 0.319 e. The van der Waals surface area contributed by atoms with Crippen molar-refractivity contribution < 1.29 is 9.18 Å². The zero-order valence-corrected chi connectivity index (χ0v) is 9.77. The van der Waals surface area contributed by atoms with Crippen LogP contribution in [-0.4, -0.2) is 16.0 Å². The summed E-state index contributed by atoms with van der Waals surface area (Å²) in [6.45, 7) is 1.78. The number of H-pyrrole nitrogens is 1. The van der Waals surface area contributed by atoms with Crippen molar-refractivity contribution in [3.8, 4) is 0 Å². The van der Waals surface area contributed by atoms with Crippen molar-refractivity contribution in [1.29, 1.82) is 0 Å². The largest absolute Gasteiger partial charge is 0.347 e. The van der Waals surface area contributed by atoms with Crippen molar-refractivity contribution in [3.63, 3.8) is 0 Å². The number of carbonyl (C=O) groups is 1. The lowest BCUT2D eigenvalue weighted by Gasteiger charge is -2.12. The SMILES string of the molecule is CC(NC(=O)Nc1ccccc1F)c1ncc[nH]1. The molecule has 3 N–H and O–H groups in total. The Kier molecular flexibility index (Phi) is 3.57. The number of urea groups is 1. The van der Waals surface area contributed by atoms with E-state index in [0.717, 1.165) is 0 Å². The molecule has 5 nitrogen and oxygen atoms in total. The fraction of sp³-hybridized carbons (Fsp3) is 0.167. The van der Waals surface area contributed by atoms with Crippen LogP contribution in [0.25, 0.3) is 0 Å². The second kappa shape index (κ2) is 5.31. The highest BCUT2D eigenvalue weighted by Crippen LogP contribution is 2.12. The molecule has 1 atom stereocenters. The van der Waals surface area contributed by atoms with Gasteiger partial charge >= 0.3 is 6.03 Å². The number of aromatic nitrogens is 2. The first-order chi connectivity index (χ1) is 8.66.